The number of hydrogen-bond donors (Lipinski definition) is 0. The molecule has 0 saturated heterocycles. The summed E-state index contributed by atoms with van der Waals surface area (Å²) >= 11 is 0. The third-order valence-electron chi connectivity index (χ3n) is 16.1. The van der Waals surface area contributed by atoms with Crippen molar-refractivity contribution in [3.8, 4) is 0 Å². The average molecular weight is 1120 g/mol. The van der Waals surface area contributed by atoms with Crippen LogP contribution in [0.1, 0.15) is 381 Å². The Morgan fingerprint density at radius 2 is 0.570 bits per heavy atom. The summed E-state index contributed by atoms with van der Waals surface area (Å²) in [5, 5.41) is 0. The van der Waals surface area contributed by atoms with Gasteiger partial charge in [-0.2, -0.15) is 0 Å². The molecule has 0 aromatic carbocycles. The number of unbranched alkanes of at least 4 members (excludes halogenated alkanes) is 47. The molecule has 1 aliphatic heterocycles. The summed E-state index contributed by atoms with van der Waals surface area (Å²) < 4.78 is 29.2. The smallest absolute Gasteiger partial charge is 0.379 e. The van der Waals surface area contributed by atoms with Gasteiger partial charge >= 0.3 is 29.8 Å². The minimum atomic E-state index is -1.43. The van der Waals surface area contributed by atoms with Crippen molar-refractivity contribution < 1.29 is 47.7 Å². The van der Waals surface area contributed by atoms with Gasteiger partial charge in [0.05, 0.1) is 0 Å². The third kappa shape index (κ3) is 46.3. The van der Waals surface area contributed by atoms with E-state index in [-0.39, 0.29) is 31.4 Å². The lowest BCUT2D eigenvalue weighted by Gasteiger charge is -2.24. The Kier molecular flexibility index (Phi) is 53.4. The first-order valence-corrected chi connectivity index (χ1v) is 34.5. The van der Waals surface area contributed by atoms with Crippen LogP contribution in [0, 0.1) is 0 Å². The maximum atomic E-state index is 13.7. The number of ether oxygens (including phenoxy) is 5. The standard InChI is InChI=1S/C69H126O10/c1-5-9-13-17-21-25-29-33-37-40-44-48-52-56-62(70)75-60-61(76-63(71)57-53-49-45-41-38-34-30-26-22-18-14-10-6-2)66-67(77-64(72)58-54-50-46-42-36-32-28-24-20-16-12-8-4)68(69(74)79-66)78-65(73)59-55-51-47-43-39-35-31-27-23-19-15-11-7-3/h61,66H,5-60H2,1-4H3. The monoisotopic (exact) mass is 1110 g/mol. The van der Waals surface area contributed by atoms with Crippen molar-refractivity contribution in [2.45, 2.75) is 393 Å². The minimum absolute atomic E-state index is 0.0909. The molecule has 0 aromatic rings. The predicted molar refractivity (Wildman–Crippen MR) is 327 cm³/mol. The quantitative estimate of drug-likeness (QED) is 0.0329. The molecule has 0 aliphatic carbocycles. The number of rotatable bonds is 61. The fourth-order valence-electron chi connectivity index (χ4n) is 10.9. The summed E-state index contributed by atoms with van der Waals surface area (Å²) in [6, 6.07) is 0. The van der Waals surface area contributed by atoms with Gasteiger partial charge in [-0.15, -0.1) is 0 Å². The van der Waals surface area contributed by atoms with Crippen molar-refractivity contribution in [1.29, 1.82) is 0 Å². The zero-order valence-electron chi connectivity index (χ0n) is 52.3. The van der Waals surface area contributed by atoms with Crippen LogP contribution in [0.5, 0.6) is 0 Å². The van der Waals surface area contributed by atoms with Crippen LogP contribution < -0.4 is 0 Å². The number of carbonyl (C=O) groups excluding carboxylic acids is 5. The molecule has 2 unspecified atom stereocenters. The topological polar surface area (TPSA) is 132 Å². The van der Waals surface area contributed by atoms with Gasteiger partial charge < -0.3 is 23.7 Å². The molecule has 2 atom stereocenters. The Balaban J connectivity index is 2.97. The Morgan fingerprint density at radius 1 is 0.329 bits per heavy atom. The largest absolute Gasteiger partial charge is 0.462 e. The molecule has 0 amide bonds. The van der Waals surface area contributed by atoms with E-state index in [4.69, 9.17) is 23.7 Å². The highest BCUT2D eigenvalue weighted by Gasteiger charge is 2.46. The van der Waals surface area contributed by atoms with Gasteiger partial charge in [0, 0.05) is 25.7 Å². The Hall–Kier alpha value is -2.91. The van der Waals surface area contributed by atoms with Gasteiger partial charge in [0.25, 0.3) is 5.76 Å². The van der Waals surface area contributed by atoms with E-state index in [0.29, 0.717) is 25.7 Å². The summed E-state index contributed by atoms with van der Waals surface area (Å²) in [7, 11) is 0. The third-order valence-corrected chi connectivity index (χ3v) is 16.1. The summed E-state index contributed by atoms with van der Waals surface area (Å²) in [5.74, 6) is -3.94. The molecule has 0 radical (unpaired) electrons. The molecule has 0 N–H and O–H groups in total. The zero-order valence-corrected chi connectivity index (χ0v) is 52.3. The second-order valence-electron chi connectivity index (χ2n) is 23.8. The first-order valence-electron chi connectivity index (χ1n) is 34.5. The molecular formula is C69H126O10. The number of carbonyl (C=O) groups is 5. The fourth-order valence-corrected chi connectivity index (χ4v) is 10.9. The van der Waals surface area contributed by atoms with Crippen molar-refractivity contribution >= 4 is 29.8 Å². The van der Waals surface area contributed by atoms with E-state index in [0.717, 1.165) is 77.0 Å². The van der Waals surface area contributed by atoms with Crippen LogP contribution in [0.4, 0.5) is 0 Å². The van der Waals surface area contributed by atoms with Crippen molar-refractivity contribution in [2.24, 2.45) is 0 Å². The molecule has 0 bridgehead atoms. The molecule has 0 spiro atoms. The van der Waals surface area contributed by atoms with E-state index in [1.807, 2.05) is 0 Å². The SMILES string of the molecule is CCCCCCCCCCCCCCCC(=O)OCC(OC(=O)CCCCCCCCCCCCCCC)C1OC(=O)C(OC(=O)CCCCCCCCCCCCCCC)=C1OC(=O)CCCCCCCCCCCCCC. The summed E-state index contributed by atoms with van der Waals surface area (Å²) in [5.41, 5.74) is 0. The average Bonchev–Trinajstić information content (AvgIpc) is 3.89. The maximum Gasteiger partial charge on any atom is 0.379 e. The summed E-state index contributed by atoms with van der Waals surface area (Å²) in [6.45, 7) is 8.59. The lowest BCUT2D eigenvalue weighted by atomic mass is 10.0. The Morgan fingerprint density at radius 3 is 0.861 bits per heavy atom. The van der Waals surface area contributed by atoms with Crippen LogP contribution in [-0.2, 0) is 47.7 Å². The molecule has 79 heavy (non-hydrogen) atoms. The van der Waals surface area contributed by atoms with E-state index in [2.05, 4.69) is 27.7 Å². The van der Waals surface area contributed by atoms with Crippen molar-refractivity contribution in [3.05, 3.63) is 11.5 Å². The fraction of sp³-hybridized carbons (Fsp3) is 0.899. The van der Waals surface area contributed by atoms with Crippen LogP contribution in [0.15, 0.2) is 11.5 Å². The number of cyclic esters (lactones) is 1. The van der Waals surface area contributed by atoms with Gasteiger partial charge in [0.15, 0.2) is 6.10 Å². The van der Waals surface area contributed by atoms with Gasteiger partial charge in [-0.1, -0.05) is 329 Å². The maximum absolute atomic E-state index is 13.7. The molecule has 1 aliphatic rings. The Labute approximate surface area is 486 Å². The lowest BCUT2D eigenvalue weighted by molar-refractivity contribution is -0.172. The Bertz CT molecular complexity index is 1470. The van der Waals surface area contributed by atoms with Crippen molar-refractivity contribution in [3.63, 3.8) is 0 Å². The number of hydrogen-bond acceptors (Lipinski definition) is 10. The highest BCUT2D eigenvalue weighted by atomic mass is 16.7. The van der Waals surface area contributed by atoms with Crippen LogP contribution >= 0.6 is 0 Å². The normalized spacial score (nSPS) is 13.7. The molecule has 10 heteroatoms. The van der Waals surface area contributed by atoms with Gasteiger partial charge in [-0.25, -0.2) is 4.79 Å². The second kappa shape index (κ2) is 56.9. The molecule has 0 aromatic heterocycles. The van der Waals surface area contributed by atoms with Gasteiger partial charge in [0.1, 0.15) is 6.61 Å². The van der Waals surface area contributed by atoms with E-state index in [1.165, 1.54) is 225 Å². The van der Waals surface area contributed by atoms with Crippen LogP contribution in [0.25, 0.3) is 0 Å². The summed E-state index contributed by atoms with van der Waals surface area (Å²) in [4.78, 5) is 67.4. The van der Waals surface area contributed by atoms with Gasteiger partial charge in [-0.05, 0) is 25.7 Å². The summed E-state index contributed by atoms with van der Waals surface area (Å²) in [6.07, 6.45) is 57.6. The van der Waals surface area contributed by atoms with Crippen LogP contribution in [0.2, 0.25) is 0 Å². The lowest BCUT2D eigenvalue weighted by Crippen LogP contribution is -2.38. The molecule has 10 nitrogen and oxygen atoms in total. The molecule has 1 heterocycles. The molecule has 0 fully saturated rings. The number of esters is 5. The van der Waals surface area contributed by atoms with E-state index < -0.39 is 54.4 Å². The molecule has 1 rings (SSSR count). The molecule has 462 valence electrons. The first-order chi connectivity index (χ1) is 38.8. The van der Waals surface area contributed by atoms with Gasteiger partial charge in [-0.3, -0.25) is 19.2 Å². The minimum Gasteiger partial charge on any atom is -0.462 e. The predicted octanol–water partition coefficient (Wildman–Crippen LogP) is 21.2. The van der Waals surface area contributed by atoms with E-state index in [1.54, 1.807) is 0 Å². The van der Waals surface area contributed by atoms with Gasteiger partial charge in [0.2, 0.25) is 11.9 Å². The first kappa shape index (κ1) is 74.1. The van der Waals surface area contributed by atoms with Crippen molar-refractivity contribution in [2.75, 3.05) is 6.61 Å². The molecular weight excluding hydrogens is 989 g/mol. The zero-order chi connectivity index (χ0) is 57.3. The molecule has 0 saturated carbocycles. The highest BCUT2D eigenvalue weighted by molar-refractivity contribution is 5.93. The van der Waals surface area contributed by atoms with Crippen molar-refractivity contribution in [1.82, 2.24) is 0 Å². The van der Waals surface area contributed by atoms with Crippen LogP contribution in [-0.4, -0.2) is 48.7 Å². The highest BCUT2D eigenvalue weighted by Crippen LogP contribution is 2.31. The van der Waals surface area contributed by atoms with E-state index in [9.17, 15) is 24.0 Å². The second-order valence-corrected chi connectivity index (χ2v) is 23.8. The van der Waals surface area contributed by atoms with Crippen LogP contribution in [0.3, 0.4) is 0 Å². The van der Waals surface area contributed by atoms with E-state index >= 15 is 0 Å².